The summed E-state index contributed by atoms with van der Waals surface area (Å²) in [5.74, 6) is -0.270. The molecule has 0 atom stereocenters. The smallest absolute Gasteiger partial charge is 0.338 e. The molecular weight excluding hydrogens is 288 g/mol. The van der Waals surface area contributed by atoms with Crippen LogP contribution in [0.4, 0.5) is 0 Å². The van der Waals surface area contributed by atoms with Crippen molar-refractivity contribution in [2.45, 2.75) is 52.5 Å². The number of imidazole rings is 1. The molecule has 0 saturated heterocycles. The molecule has 124 valence electrons. The first-order valence-electron chi connectivity index (χ1n) is 8.59. The first-order chi connectivity index (χ1) is 11.2. The Morgan fingerprint density at radius 1 is 1.09 bits per heavy atom. The minimum Gasteiger partial charge on any atom is -0.462 e. The van der Waals surface area contributed by atoms with Crippen molar-refractivity contribution in [1.29, 1.82) is 0 Å². The fourth-order valence-electron chi connectivity index (χ4n) is 2.56. The Hall–Kier alpha value is -2.10. The van der Waals surface area contributed by atoms with E-state index in [2.05, 4.69) is 28.6 Å². The van der Waals surface area contributed by atoms with E-state index in [-0.39, 0.29) is 5.97 Å². The number of aryl methyl sites for hydroxylation is 1. The quantitative estimate of drug-likeness (QED) is 0.399. The molecule has 4 nitrogen and oxygen atoms in total. The van der Waals surface area contributed by atoms with Crippen molar-refractivity contribution in [3.05, 3.63) is 48.5 Å². The summed E-state index contributed by atoms with van der Waals surface area (Å²) >= 11 is 0. The van der Waals surface area contributed by atoms with Crippen LogP contribution in [-0.4, -0.2) is 17.1 Å². The maximum absolute atomic E-state index is 11.7. The van der Waals surface area contributed by atoms with Crippen molar-refractivity contribution < 1.29 is 14.1 Å². The summed E-state index contributed by atoms with van der Waals surface area (Å²) in [7, 11) is 0. The van der Waals surface area contributed by atoms with Crippen molar-refractivity contribution in [2.24, 2.45) is 0 Å². The van der Waals surface area contributed by atoms with E-state index in [0.717, 1.165) is 12.2 Å². The first kappa shape index (κ1) is 17.3. The highest BCUT2D eigenvalue weighted by Gasteiger charge is 2.09. The molecule has 1 aromatic carbocycles. The lowest BCUT2D eigenvalue weighted by molar-refractivity contribution is -0.696. The van der Waals surface area contributed by atoms with Gasteiger partial charge >= 0.3 is 5.97 Å². The van der Waals surface area contributed by atoms with Crippen LogP contribution >= 0.6 is 0 Å². The summed E-state index contributed by atoms with van der Waals surface area (Å²) in [4.78, 5) is 11.7. The average Bonchev–Trinajstić information content (AvgIpc) is 3.04. The summed E-state index contributed by atoms with van der Waals surface area (Å²) in [6, 6.07) is 7.50. The second-order valence-electron chi connectivity index (χ2n) is 5.74. The second kappa shape index (κ2) is 9.13. The Labute approximate surface area is 138 Å². The molecule has 2 rings (SSSR count). The van der Waals surface area contributed by atoms with Gasteiger partial charge in [0.25, 0.3) is 0 Å². The number of hydrogen-bond donors (Lipinski definition) is 0. The topological polar surface area (TPSA) is 35.1 Å². The predicted octanol–water partition coefficient (Wildman–Crippen LogP) is 3.91. The van der Waals surface area contributed by atoms with Crippen LogP contribution in [0.25, 0.3) is 5.69 Å². The molecule has 0 N–H and O–H groups in total. The van der Waals surface area contributed by atoms with Crippen molar-refractivity contribution in [3.63, 3.8) is 0 Å². The molecule has 2 aromatic rings. The van der Waals surface area contributed by atoms with Gasteiger partial charge in [-0.25, -0.2) is 13.9 Å². The molecule has 0 radical (unpaired) electrons. The molecule has 0 amide bonds. The number of ether oxygens (including phenoxy) is 1. The number of aromatic nitrogens is 2. The largest absolute Gasteiger partial charge is 0.462 e. The van der Waals surface area contributed by atoms with Gasteiger partial charge in [-0.05, 0) is 44.0 Å². The number of unbranched alkanes of at least 4 members (excludes halogenated alkanes) is 4. The van der Waals surface area contributed by atoms with E-state index in [4.69, 9.17) is 4.74 Å². The van der Waals surface area contributed by atoms with Crippen LogP contribution in [0.15, 0.2) is 43.0 Å². The lowest BCUT2D eigenvalue weighted by atomic mass is 10.1. The summed E-state index contributed by atoms with van der Waals surface area (Å²) in [5.41, 5.74) is 1.63. The molecule has 0 saturated carbocycles. The molecule has 0 fully saturated rings. The molecule has 0 bridgehead atoms. The standard InChI is InChI=1S/C19H27N2O2/c1-3-5-6-7-8-13-20-14-15-21(16-20)18-11-9-17(10-12-18)19(22)23-4-2/h9-12,14-16H,3-8,13H2,1-2H3/q+1. The van der Waals surface area contributed by atoms with Crippen LogP contribution in [-0.2, 0) is 11.3 Å². The fourth-order valence-corrected chi connectivity index (χ4v) is 2.56. The number of benzene rings is 1. The molecule has 23 heavy (non-hydrogen) atoms. The number of nitrogens with zero attached hydrogens (tertiary/aromatic N) is 2. The Kier molecular flexibility index (Phi) is 6.85. The van der Waals surface area contributed by atoms with Gasteiger partial charge in [-0.15, -0.1) is 0 Å². The van der Waals surface area contributed by atoms with Crippen LogP contribution in [0.1, 0.15) is 56.3 Å². The zero-order valence-corrected chi connectivity index (χ0v) is 14.2. The zero-order chi connectivity index (χ0) is 16.5. The Morgan fingerprint density at radius 2 is 1.83 bits per heavy atom. The number of hydrogen-bond acceptors (Lipinski definition) is 2. The average molecular weight is 315 g/mol. The van der Waals surface area contributed by atoms with Crippen LogP contribution < -0.4 is 4.57 Å². The molecule has 1 heterocycles. The Morgan fingerprint density at radius 3 is 2.52 bits per heavy atom. The van der Waals surface area contributed by atoms with Crippen LogP contribution in [0.2, 0.25) is 0 Å². The van der Waals surface area contributed by atoms with Crippen LogP contribution in [0.5, 0.6) is 0 Å². The van der Waals surface area contributed by atoms with Gasteiger partial charge in [0.15, 0.2) is 0 Å². The van der Waals surface area contributed by atoms with Crippen LogP contribution in [0.3, 0.4) is 0 Å². The van der Waals surface area contributed by atoms with Gasteiger partial charge in [0, 0.05) is 0 Å². The first-order valence-corrected chi connectivity index (χ1v) is 8.59. The lowest BCUT2D eigenvalue weighted by Gasteiger charge is -2.02. The van der Waals surface area contributed by atoms with E-state index in [0.29, 0.717) is 12.2 Å². The molecule has 0 aliphatic rings. The number of carbonyl (C=O) groups is 1. The van der Waals surface area contributed by atoms with Crippen molar-refractivity contribution in [1.82, 2.24) is 4.57 Å². The van der Waals surface area contributed by atoms with Gasteiger partial charge in [0.2, 0.25) is 6.33 Å². The Bertz CT molecular complexity index is 602. The number of carbonyl (C=O) groups excluding carboxylic acids is 1. The predicted molar refractivity (Wildman–Crippen MR) is 90.7 cm³/mol. The number of rotatable bonds is 9. The van der Waals surface area contributed by atoms with Crippen molar-refractivity contribution >= 4 is 5.97 Å². The molecule has 0 aliphatic carbocycles. The third-order valence-electron chi connectivity index (χ3n) is 3.89. The summed E-state index contributed by atoms with van der Waals surface area (Å²) in [6.07, 6.45) is 12.7. The molecule has 0 unspecified atom stereocenters. The summed E-state index contributed by atoms with van der Waals surface area (Å²) < 4.78 is 9.28. The normalized spacial score (nSPS) is 10.7. The Balaban J connectivity index is 1.91. The van der Waals surface area contributed by atoms with Gasteiger partial charge in [0.1, 0.15) is 18.1 Å². The van der Waals surface area contributed by atoms with Gasteiger partial charge in [-0.3, -0.25) is 0 Å². The van der Waals surface area contributed by atoms with E-state index < -0.39 is 0 Å². The van der Waals surface area contributed by atoms with Gasteiger partial charge in [-0.2, -0.15) is 0 Å². The van der Waals surface area contributed by atoms with E-state index in [1.807, 2.05) is 37.4 Å². The molecular formula is C19H27N2O2+. The van der Waals surface area contributed by atoms with Crippen molar-refractivity contribution in [3.8, 4) is 5.69 Å². The highest BCUT2D eigenvalue weighted by Crippen LogP contribution is 2.10. The SMILES string of the molecule is CCCCCCC[n+]1ccn(-c2ccc(C(=O)OCC)cc2)c1. The minimum absolute atomic E-state index is 0.270. The monoisotopic (exact) mass is 315 g/mol. The summed E-state index contributed by atoms with van der Waals surface area (Å²) in [6.45, 7) is 5.50. The van der Waals surface area contributed by atoms with E-state index in [9.17, 15) is 4.79 Å². The molecule has 4 heteroatoms. The maximum Gasteiger partial charge on any atom is 0.338 e. The van der Waals surface area contributed by atoms with Gasteiger partial charge in [0.05, 0.1) is 18.7 Å². The van der Waals surface area contributed by atoms with E-state index in [1.165, 1.54) is 32.1 Å². The minimum atomic E-state index is -0.270. The maximum atomic E-state index is 11.7. The second-order valence-corrected chi connectivity index (χ2v) is 5.74. The molecule has 0 spiro atoms. The number of esters is 1. The third-order valence-corrected chi connectivity index (χ3v) is 3.89. The highest BCUT2D eigenvalue weighted by molar-refractivity contribution is 5.89. The van der Waals surface area contributed by atoms with Crippen LogP contribution in [0, 0.1) is 0 Å². The molecule has 0 aliphatic heterocycles. The van der Waals surface area contributed by atoms with Crippen molar-refractivity contribution in [2.75, 3.05) is 6.61 Å². The van der Waals surface area contributed by atoms with E-state index in [1.54, 1.807) is 0 Å². The summed E-state index contributed by atoms with van der Waals surface area (Å²) in [5, 5.41) is 0. The molecule has 1 aromatic heterocycles. The van der Waals surface area contributed by atoms with E-state index >= 15 is 0 Å². The fraction of sp³-hybridized carbons (Fsp3) is 0.474. The lowest BCUT2D eigenvalue weighted by Crippen LogP contribution is -2.30. The third kappa shape index (κ3) is 5.23. The van der Waals surface area contributed by atoms with Gasteiger partial charge < -0.3 is 4.74 Å². The van der Waals surface area contributed by atoms with Gasteiger partial charge in [-0.1, -0.05) is 26.2 Å². The zero-order valence-electron chi connectivity index (χ0n) is 14.2. The highest BCUT2D eigenvalue weighted by atomic mass is 16.5.